The highest BCUT2D eigenvalue weighted by atomic mass is 14.9. The molecule has 164 valence electrons. The molecule has 1 saturated carbocycles. The number of benzene rings is 2. The average Bonchev–Trinajstić information content (AvgIpc) is 3.25. The maximum absolute atomic E-state index is 2.51. The van der Waals surface area contributed by atoms with E-state index in [0.717, 1.165) is 5.92 Å². The molecule has 0 atom stereocenters. The minimum absolute atomic E-state index is 0.594. The first-order valence-electron chi connectivity index (χ1n) is 12.3. The lowest BCUT2D eigenvalue weighted by atomic mass is 9.79. The molecule has 31 heavy (non-hydrogen) atoms. The summed E-state index contributed by atoms with van der Waals surface area (Å²) in [5.74, 6) is 2.62. The van der Waals surface area contributed by atoms with Gasteiger partial charge in [-0.3, -0.25) is 0 Å². The summed E-state index contributed by atoms with van der Waals surface area (Å²) in [6.07, 6.45) is 7.70. The number of hydrogen-bond donors (Lipinski definition) is 0. The molecule has 0 aliphatic heterocycles. The van der Waals surface area contributed by atoms with Crippen molar-refractivity contribution in [3.63, 3.8) is 0 Å². The van der Waals surface area contributed by atoms with E-state index < -0.39 is 0 Å². The summed E-state index contributed by atoms with van der Waals surface area (Å²) in [7, 11) is 2.20. The monoisotopic (exact) mass is 414 g/mol. The Morgan fingerprint density at radius 3 is 2.19 bits per heavy atom. The summed E-state index contributed by atoms with van der Waals surface area (Å²) in [6, 6.07) is 14.5. The van der Waals surface area contributed by atoms with E-state index in [2.05, 4.69) is 95.8 Å². The van der Waals surface area contributed by atoms with Crippen molar-refractivity contribution in [2.45, 2.75) is 79.1 Å². The molecule has 1 nitrogen and oxygen atoms in total. The van der Waals surface area contributed by atoms with Crippen molar-refractivity contribution < 1.29 is 4.57 Å². The second kappa shape index (κ2) is 8.77. The van der Waals surface area contributed by atoms with Crippen molar-refractivity contribution in [1.29, 1.82) is 0 Å². The molecule has 0 bridgehead atoms. The lowest BCUT2D eigenvalue weighted by Crippen LogP contribution is -2.31. The molecule has 0 saturated heterocycles. The van der Waals surface area contributed by atoms with Gasteiger partial charge in [-0.2, -0.15) is 0 Å². The van der Waals surface area contributed by atoms with Crippen LogP contribution < -0.4 is 4.57 Å². The molecule has 1 fully saturated rings. The summed E-state index contributed by atoms with van der Waals surface area (Å²) in [5, 5.41) is 2.73. The maximum Gasteiger partial charge on any atom is 0.220 e. The molecule has 0 radical (unpaired) electrons. The molecule has 1 heteroatoms. The Hall–Kier alpha value is -2.15. The van der Waals surface area contributed by atoms with Gasteiger partial charge in [-0.1, -0.05) is 58.7 Å². The van der Waals surface area contributed by atoms with Gasteiger partial charge in [0.05, 0.1) is 10.9 Å². The zero-order chi connectivity index (χ0) is 22.3. The normalized spacial score (nSPS) is 15.2. The first-order chi connectivity index (χ1) is 14.8. The Kier molecular flexibility index (Phi) is 6.24. The third kappa shape index (κ3) is 4.16. The lowest BCUT2D eigenvalue weighted by molar-refractivity contribution is -0.659. The molecule has 0 N–H and O–H groups in total. The smallest absolute Gasteiger partial charge is 0.200 e. The highest BCUT2D eigenvalue weighted by Crippen LogP contribution is 2.39. The second-order valence-electron chi connectivity index (χ2n) is 10.6. The van der Waals surface area contributed by atoms with Crippen LogP contribution in [0.2, 0.25) is 0 Å². The van der Waals surface area contributed by atoms with E-state index in [0.29, 0.717) is 17.8 Å². The van der Waals surface area contributed by atoms with E-state index in [1.807, 2.05) is 0 Å². The van der Waals surface area contributed by atoms with Gasteiger partial charge in [0.25, 0.3) is 0 Å². The Bertz CT molecular complexity index is 1080. The van der Waals surface area contributed by atoms with Crippen LogP contribution in [0.3, 0.4) is 0 Å². The standard InChI is InChI=1S/C30H40N/c1-19(2)29(20(3)4)25-12-13-27-24(17-25)14-15-31(7)30(27)28-18-26(16-21(5)22(28)6)23-10-8-9-11-23/h12-20,23,29H,8-11H2,1-7H3/q+1. The van der Waals surface area contributed by atoms with E-state index in [1.54, 1.807) is 5.56 Å². The zero-order valence-corrected chi connectivity index (χ0v) is 20.6. The van der Waals surface area contributed by atoms with E-state index in [9.17, 15) is 0 Å². The summed E-state index contributed by atoms with van der Waals surface area (Å²) in [4.78, 5) is 0. The zero-order valence-electron chi connectivity index (χ0n) is 20.6. The molecule has 3 aromatic rings. The predicted octanol–water partition coefficient (Wildman–Crippen LogP) is 8.00. The van der Waals surface area contributed by atoms with E-state index >= 15 is 0 Å². The fraction of sp³-hybridized carbons (Fsp3) is 0.500. The van der Waals surface area contributed by atoms with Crippen molar-refractivity contribution >= 4 is 10.8 Å². The van der Waals surface area contributed by atoms with Gasteiger partial charge in [-0.05, 0) is 90.1 Å². The molecular weight excluding hydrogens is 374 g/mol. The molecule has 0 amide bonds. The molecule has 0 spiro atoms. The molecule has 1 aromatic heterocycles. The van der Waals surface area contributed by atoms with Crippen molar-refractivity contribution in [3.8, 4) is 11.3 Å². The lowest BCUT2D eigenvalue weighted by Gasteiger charge is -2.25. The second-order valence-corrected chi connectivity index (χ2v) is 10.6. The Balaban J connectivity index is 1.89. The van der Waals surface area contributed by atoms with Gasteiger partial charge >= 0.3 is 0 Å². The molecule has 1 aliphatic carbocycles. The van der Waals surface area contributed by atoms with Gasteiger partial charge < -0.3 is 0 Å². The Morgan fingerprint density at radius 1 is 0.871 bits per heavy atom. The van der Waals surface area contributed by atoms with Gasteiger partial charge in [0.15, 0.2) is 6.20 Å². The average molecular weight is 415 g/mol. The van der Waals surface area contributed by atoms with Crippen LogP contribution in [-0.2, 0) is 7.05 Å². The van der Waals surface area contributed by atoms with Crippen molar-refractivity contribution in [2.75, 3.05) is 0 Å². The van der Waals surface area contributed by atoms with E-state index in [1.165, 1.54) is 64.4 Å². The van der Waals surface area contributed by atoms with Crippen molar-refractivity contribution in [3.05, 3.63) is 64.8 Å². The topological polar surface area (TPSA) is 3.88 Å². The fourth-order valence-electron chi connectivity index (χ4n) is 6.10. The van der Waals surface area contributed by atoms with Crippen LogP contribution in [0.4, 0.5) is 0 Å². The number of pyridine rings is 1. The van der Waals surface area contributed by atoms with E-state index in [4.69, 9.17) is 0 Å². The number of aromatic nitrogens is 1. The summed E-state index contributed by atoms with van der Waals surface area (Å²) < 4.78 is 2.32. The SMILES string of the molecule is Cc1cc(C2CCCC2)cc(-c2c3ccc(C(C(C)C)C(C)C)cc3cc[n+]2C)c1C. The van der Waals surface area contributed by atoms with Crippen LogP contribution in [0.25, 0.3) is 22.0 Å². The predicted molar refractivity (Wildman–Crippen MR) is 134 cm³/mol. The first kappa shape index (κ1) is 22.1. The molecule has 1 aliphatic rings. The number of fused-ring (bicyclic) bond motifs is 1. The summed E-state index contributed by atoms with van der Waals surface area (Å²) in [6.45, 7) is 14.0. The Morgan fingerprint density at radius 2 is 1.55 bits per heavy atom. The van der Waals surface area contributed by atoms with Crippen molar-refractivity contribution in [1.82, 2.24) is 0 Å². The van der Waals surface area contributed by atoms with Gasteiger partial charge in [-0.15, -0.1) is 0 Å². The van der Waals surface area contributed by atoms with Crippen molar-refractivity contribution in [2.24, 2.45) is 18.9 Å². The molecule has 1 heterocycles. The summed E-state index contributed by atoms with van der Waals surface area (Å²) in [5.41, 5.74) is 8.62. The van der Waals surface area contributed by atoms with Crippen LogP contribution in [-0.4, -0.2) is 0 Å². The highest BCUT2D eigenvalue weighted by Gasteiger charge is 2.24. The summed E-state index contributed by atoms with van der Waals surface area (Å²) >= 11 is 0. The molecule has 4 rings (SSSR count). The first-order valence-corrected chi connectivity index (χ1v) is 12.3. The third-order valence-electron chi connectivity index (χ3n) is 7.75. The number of aryl methyl sites for hydroxylation is 2. The molecule has 2 aromatic carbocycles. The van der Waals surface area contributed by atoms with E-state index in [-0.39, 0.29) is 0 Å². The largest absolute Gasteiger partial charge is 0.220 e. The van der Waals surface area contributed by atoms with Gasteiger partial charge in [-0.25, -0.2) is 4.57 Å². The quantitative estimate of drug-likeness (QED) is 0.372. The molecule has 0 unspecified atom stereocenters. The maximum atomic E-state index is 2.51. The fourth-order valence-corrected chi connectivity index (χ4v) is 6.10. The minimum Gasteiger partial charge on any atom is -0.200 e. The number of hydrogen-bond acceptors (Lipinski definition) is 0. The number of rotatable bonds is 5. The van der Waals surface area contributed by atoms with Crippen LogP contribution in [0, 0.1) is 25.7 Å². The molecular formula is C30H40N+. The van der Waals surface area contributed by atoms with Gasteiger partial charge in [0.2, 0.25) is 5.69 Å². The van der Waals surface area contributed by atoms with Gasteiger partial charge in [0.1, 0.15) is 7.05 Å². The van der Waals surface area contributed by atoms with Crippen LogP contribution in [0.15, 0.2) is 42.6 Å². The van der Waals surface area contributed by atoms with Crippen LogP contribution >= 0.6 is 0 Å². The van der Waals surface area contributed by atoms with Crippen LogP contribution in [0.5, 0.6) is 0 Å². The highest BCUT2D eigenvalue weighted by molar-refractivity contribution is 5.94. The Labute approximate surface area is 189 Å². The van der Waals surface area contributed by atoms with Crippen LogP contribution in [0.1, 0.15) is 87.5 Å². The third-order valence-corrected chi connectivity index (χ3v) is 7.75. The minimum atomic E-state index is 0.594. The number of nitrogens with zero attached hydrogens (tertiary/aromatic N) is 1. The van der Waals surface area contributed by atoms with Gasteiger partial charge in [0, 0.05) is 6.07 Å².